The molecule has 0 saturated heterocycles. The molecular formula is C17H38OSi. The van der Waals surface area contributed by atoms with Crippen LogP contribution in [-0.4, -0.2) is 14.9 Å². The summed E-state index contributed by atoms with van der Waals surface area (Å²) in [5.41, 5.74) is 2.51. The van der Waals surface area contributed by atoms with Crippen LogP contribution < -0.4 is 0 Å². The quantitative estimate of drug-likeness (QED) is 0.392. The van der Waals surface area contributed by atoms with Gasteiger partial charge >= 0.3 is 0 Å². The van der Waals surface area contributed by atoms with Gasteiger partial charge in [0, 0.05) is 6.61 Å². The van der Waals surface area contributed by atoms with Crippen LogP contribution in [0.4, 0.5) is 0 Å². The van der Waals surface area contributed by atoms with Gasteiger partial charge in [-0.1, -0.05) is 80.1 Å². The van der Waals surface area contributed by atoms with Crippen molar-refractivity contribution < 1.29 is 4.43 Å². The molecule has 0 aliphatic heterocycles. The first-order valence-electron chi connectivity index (χ1n) is 8.76. The monoisotopic (exact) mass is 286 g/mol. The van der Waals surface area contributed by atoms with E-state index in [0.29, 0.717) is 0 Å². The molecule has 0 N–H and O–H groups in total. The Kier molecular flexibility index (Phi) is 10.1. The lowest BCUT2D eigenvalue weighted by Gasteiger charge is -2.48. The topological polar surface area (TPSA) is 9.23 Å². The molecule has 0 aromatic rings. The minimum atomic E-state index is -1.68. The zero-order chi connectivity index (χ0) is 14.9. The molecule has 0 spiro atoms. The van der Waals surface area contributed by atoms with E-state index in [1.165, 1.54) is 38.5 Å². The van der Waals surface area contributed by atoms with Crippen molar-refractivity contribution in [1.29, 1.82) is 0 Å². The third-order valence-corrected chi connectivity index (χ3v) is 12.3. The number of hydrogen-bond acceptors (Lipinski definition) is 1. The summed E-state index contributed by atoms with van der Waals surface area (Å²) in [4.78, 5) is 0. The lowest BCUT2D eigenvalue weighted by atomic mass is 10.2. The van der Waals surface area contributed by atoms with Crippen LogP contribution in [0.25, 0.3) is 0 Å². The van der Waals surface area contributed by atoms with Crippen LogP contribution >= 0.6 is 0 Å². The standard InChI is InChI=1S/C17H38OSi/c1-8-15(9-2)19(18-14-7,16(10-3)11-4)17(12-5)13-6/h15-17H,8-14H2,1-7H3. The average molecular weight is 287 g/mol. The van der Waals surface area contributed by atoms with Crippen molar-refractivity contribution in [2.45, 2.75) is 104 Å². The second-order valence-electron chi connectivity index (χ2n) is 5.83. The van der Waals surface area contributed by atoms with Gasteiger partial charge in [-0.25, -0.2) is 0 Å². The molecule has 1 nitrogen and oxygen atoms in total. The fourth-order valence-electron chi connectivity index (χ4n) is 4.38. The van der Waals surface area contributed by atoms with Gasteiger partial charge in [-0.2, -0.15) is 0 Å². The van der Waals surface area contributed by atoms with Crippen molar-refractivity contribution in [2.24, 2.45) is 0 Å². The molecule has 2 heteroatoms. The van der Waals surface area contributed by atoms with Gasteiger partial charge in [0.25, 0.3) is 0 Å². The summed E-state index contributed by atoms with van der Waals surface area (Å²) in [5, 5.41) is 0. The highest BCUT2D eigenvalue weighted by molar-refractivity contribution is 6.78. The van der Waals surface area contributed by atoms with Crippen LogP contribution in [0.5, 0.6) is 0 Å². The van der Waals surface area contributed by atoms with Crippen LogP contribution in [-0.2, 0) is 4.43 Å². The van der Waals surface area contributed by atoms with Crippen molar-refractivity contribution in [3.05, 3.63) is 0 Å². The summed E-state index contributed by atoms with van der Waals surface area (Å²) in [5.74, 6) is 0. The molecule has 0 radical (unpaired) electrons. The van der Waals surface area contributed by atoms with E-state index >= 15 is 0 Å². The molecule has 0 aromatic carbocycles. The van der Waals surface area contributed by atoms with E-state index in [-0.39, 0.29) is 0 Å². The van der Waals surface area contributed by atoms with Crippen molar-refractivity contribution in [3.8, 4) is 0 Å². The second-order valence-corrected chi connectivity index (χ2v) is 10.3. The highest BCUT2D eigenvalue weighted by Gasteiger charge is 2.51. The lowest BCUT2D eigenvalue weighted by Crippen LogP contribution is -2.51. The van der Waals surface area contributed by atoms with Crippen LogP contribution in [0.2, 0.25) is 16.6 Å². The van der Waals surface area contributed by atoms with E-state index in [4.69, 9.17) is 4.43 Å². The first-order valence-corrected chi connectivity index (χ1v) is 10.9. The molecule has 0 aromatic heterocycles. The molecule has 0 heterocycles. The predicted molar refractivity (Wildman–Crippen MR) is 90.4 cm³/mol. The van der Waals surface area contributed by atoms with Gasteiger partial charge in [-0.05, 0) is 23.5 Å². The van der Waals surface area contributed by atoms with Gasteiger partial charge in [0.1, 0.15) is 0 Å². The maximum Gasteiger partial charge on any atom is 0.201 e. The second kappa shape index (κ2) is 9.98. The molecule has 0 rings (SSSR count). The molecule has 0 atom stereocenters. The first-order chi connectivity index (χ1) is 9.12. The smallest absolute Gasteiger partial charge is 0.201 e. The lowest BCUT2D eigenvalue weighted by molar-refractivity contribution is 0.276. The van der Waals surface area contributed by atoms with E-state index in [1.807, 2.05) is 0 Å². The van der Waals surface area contributed by atoms with Crippen LogP contribution in [0.3, 0.4) is 0 Å². The zero-order valence-electron chi connectivity index (χ0n) is 14.6. The number of rotatable bonds is 11. The van der Waals surface area contributed by atoms with E-state index in [1.54, 1.807) is 0 Å². The van der Waals surface area contributed by atoms with Crippen molar-refractivity contribution >= 4 is 8.32 Å². The molecule has 19 heavy (non-hydrogen) atoms. The molecule has 0 amide bonds. The summed E-state index contributed by atoms with van der Waals surface area (Å²) >= 11 is 0. The third-order valence-electron chi connectivity index (χ3n) is 5.27. The Morgan fingerprint density at radius 3 is 1.00 bits per heavy atom. The Morgan fingerprint density at radius 1 is 0.579 bits per heavy atom. The molecule has 0 saturated carbocycles. The van der Waals surface area contributed by atoms with E-state index in [0.717, 1.165) is 23.2 Å². The SMILES string of the molecule is CCO[Si](C(CC)CC)(C(CC)CC)C(CC)CC. The summed E-state index contributed by atoms with van der Waals surface area (Å²) in [6.45, 7) is 17.4. The summed E-state index contributed by atoms with van der Waals surface area (Å²) in [6, 6.07) is 0. The van der Waals surface area contributed by atoms with E-state index in [9.17, 15) is 0 Å². The van der Waals surface area contributed by atoms with Crippen molar-refractivity contribution in [3.63, 3.8) is 0 Å². The highest BCUT2D eigenvalue weighted by atomic mass is 28.4. The largest absolute Gasteiger partial charge is 0.416 e. The van der Waals surface area contributed by atoms with E-state index < -0.39 is 8.32 Å². The van der Waals surface area contributed by atoms with Gasteiger partial charge in [-0.15, -0.1) is 0 Å². The van der Waals surface area contributed by atoms with Gasteiger partial charge < -0.3 is 4.43 Å². The molecule has 0 bridgehead atoms. The Bertz CT molecular complexity index is 174. The first kappa shape index (κ1) is 19.2. The van der Waals surface area contributed by atoms with Gasteiger partial charge in [0.2, 0.25) is 8.32 Å². The fourth-order valence-corrected chi connectivity index (χ4v) is 11.4. The summed E-state index contributed by atoms with van der Waals surface area (Å²) < 4.78 is 6.70. The molecular weight excluding hydrogens is 248 g/mol. The Labute approximate surface area is 123 Å². The third kappa shape index (κ3) is 4.07. The Hall–Kier alpha value is 0.177. The normalized spacial score (nSPS) is 12.9. The fraction of sp³-hybridized carbons (Fsp3) is 1.00. The van der Waals surface area contributed by atoms with Crippen LogP contribution in [0.1, 0.15) is 87.0 Å². The minimum Gasteiger partial charge on any atom is -0.416 e. The maximum absolute atomic E-state index is 6.70. The Morgan fingerprint density at radius 2 is 0.842 bits per heavy atom. The van der Waals surface area contributed by atoms with Gasteiger partial charge in [-0.3, -0.25) is 0 Å². The average Bonchev–Trinajstić information content (AvgIpc) is 2.42. The molecule has 116 valence electrons. The molecule has 0 aliphatic rings. The van der Waals surface area contributed by atoms with Crippen molar-refractivity contribution in [1.82, 2.24) is 0 Å². The zero-order valence-corrected chi connectivity index (χ0v) is 15.6. The predicted octanol–water partition coefficient (Wildman–Crippen LogP) is 6.54. The number of hydrogen-bond donors (Lipinski definition) is 0. The van der Waals surface area contributed by atoms with Crippen LogP contribution in [0, 0.1) is 0 Å². The van der Waals surface area contributed by atoms with E-state index in [2.05, 4.69) is 48.5 Å². The molecule has 0 unspecified atom stereocenters. The summed E-state index contributed by atoms with van der Waals surface area (Å²) in [7, 11) is -1.68. The minimum absolute atomic E-state index is 0.835. The molecule has 0 aliphatic carbocycles. The van der Waals surface area contributed by atoms with Crippen molar-refractivity contribution in [2.75, 3.05) is 6.61 Å². The summed E-state index contributed by atoms with van der Waals surface area (Å²) in [6.07, 6.45) is 7.81. The van der Waals surface area contributed by atoms with Gasteiger partial charge in [0.15, 0.2) is 0 Å². The Balaban J connectivity index is 5.68. The van der Waals surface area contributed by atoms with Crippen LogP contribution in [0.15, 0.2) is 0 Å². The van der Waals surface area contributed by atoms with Gasteiger partial charge in [0.05, 0.1) is 0 Å². The highest BCUT2D eigenvalue weighted by Crippen LogP contribution is 2.51. The molecule has 0 fully saturated rings. The maximum atomic E-state index is 6.70.